The fourth-order valence-electron chi connectivity index (χ4n) is 3.19. The molecular weight excluding hydrogens is 482 g/mol. The SMILES string of the molecule is CCC(C)C.CCCCc1ccc(-c2csc(NC(=O)CNC(=O)c3ccn(C(C)(C)C)c3)n2)nc1C. The molecule has 202 valence electrons. The van der Waals surface area contributed by atoms with Gasteiger partial charge in [-0.3, -0.25) is 14.6 Å². The lowest BCUT2D eigenvalue weighted by Gasteiger charge is -2.20. The van der Waals surface area contributed by atoms with Crippen LogP contribution in [0.2, 0.25) is 0 Å². The maximum atomic E-state index is 12.3. The molecule has 0 aliphatic heterocycles. The van der Waals surface area contributed by atoms with Gasteiger partial charge in [-0.05, 0) is 64.2 Å². The minimum Gasteiger partial charge on any atom is -0.348 e. The first-order valence-corrected chi connectivity index (χ1v) is 14.0. The number of thiazole rings is 1. The monoisotopic (exact) mass is 525 g/mol. The van der Waals surface area contributed by atoms with Crippen molar-refractivity contribution in [1.29, 1.82) is 0 Å². The van der Waals surface area contributed by atoms with Crippen molar-refractivity contribution in [1.82, 2.24) is 19.9 Å². The molecule has 3 heterocycles. The van der Waals surface area contributed by atoms with E-state index < -0.39 is 0 Å². The van der Waals surface area contributed by atoms with Crippen LogP contribution >= 0.6 is 11.3 Å². The van der Waals surface area contributed by atoms with Crippen LogP contribution in [-0.2, 0) is 16.8 Å². The van der Waals surface area contributed by atoms with Crippen molar-refractivity contribution in [2.45, 2.75) is 86.6 Å². The molecule has 3 rings (SSSR count). The van der Waals surface area contributed by atoms with Crippen molar-refractivity contribution in [3.05, 3.63) is 52.8 Å². The number of nitrogens with zero attached hydrogens (tertiary/aromatic N) is 3. The van der Waals surface area contributed by atoms with Crippen molar-refractivity contribution in [2.24, 2.45) is 5.92 Å². The summed E-state index contributed by atoms with van der Waals surface area (Å²) >= 11 is 1.33. The van der Waals surface area contributed by atoms with E-state index in [2.05, 4.69) is 75.1 Å². The van der Waals surface area contributed by atoms with Crippen LogP contribution in [0.3, 0.4) is 0 Å². The van der Waals surface area contributed by atoms with E-state index in [4.69, 9.17) is 0 Å². The molecule has 2 amide bonds. The third kappa shape index (κ3) is 9.76. The number of aromatic nitrogens is 3. The molecular formula is C29H43N5O2S. The van der Waals surface area contributed by atoms with Crippen molar-refractivity contribution < 1.29 is 9.59 Å². The first kappa shape index (κ1) is 30.2. The number of carbonyl (C=O) groups excluding carboxylic acids is 2. The predicted octanol–water partition coefficient (Wildman–Crippen LogP) is 6.83. The first-order valence-electron chi connectivity index (χ1n) is 13.1. The number of aryl methyl sites for hydroxylation is 2. The average Bonchev–Trinajstić information content (AvgIpc) is 3.52. The Kier molecular flexibility index (Phi) is 11.5. The molecule has 3 aromatic heterocycles. The molecule has 0 atom stereocenters. The summed E-state index contributed by atoms with van der Waals surface area (Å²) in [5.41, 5.74) is 4.19. The molecule has 7 nitrogen and oxygen atoms in total. The number of hydrogen-bond donors (Lipinski definition) is 2. The Morgan fingerprint density at radius 2 is 1.78 bits per heavy atom. The summed E-state index contributed by atoms with van der Waals surface area (Å²) in [4.78, 5) is 33.8. The standard InChI is InChI=1S/C24H31N5O2S.C5H12/c1-6-7-8-17-9-10-19(26-16(17)2)20-15-32-23(27-20)28-21(30)13-25-22(31)18-11-12-29(14-18)24(3,4)5;1-4-5(2)3/h9-12,14-15H,6-8,13H2,1-5H3,(H,25,31)(H,27,28,30);5H,4H2,1-3H3. The van der Waals surface area contributed by atoms with Crippen LogP contribution in [0.15, 0.2) is 36.0 Å². The summed E-state index contributed by atoms with van der Waals surface area (Å²) in [5.74, 6) is 0.273. The molecule has 0 aliphatic rings. The number of rotatable bonds is 9. The van der Waals surface area contributed by atoms with E-state index >= 15 is 0 Å². The van der Waals surface area contributed by atoms with Gasteiger partial charge in [-0.15, -0.1) is 11.3 Å². The summed E-state index contributed by atoms with van der Waals surface area (Å²) in [6, 6.07) is 5.82. The summed E-state index contributed by atoms with van der Waals surface area (Å²) in [6.07, 6.45) is 8.27. The second-order valence-corrected chi connectivity index (χ2v) is 11.5. The van der Waals surface area contributed by atoms with Gasteiger partial charge in [-0.1, -0.05) is 46.6 Å². The molecule has 0 saturated heterocycles. The number of anilines is 1. The third-order valence-corrected chi connectivity index (χ3v) is 6.72. The van der Waals surface area contributed by atoms with E-state index in [-0.39, 0.29) is 23.9 Å². The van der Waals surface area contributed by atoms with E-state index in [0.717, 1.165) is 42.3 Å². The van der Waals surface area contributed by atoms with Gasteiger partial charge in [0.05, 0.1) is 17.8 Å². The first-order chi connectivity index (χ1) is 17.4. The Morgan fingerprint density at radius 1 is 1.08 bits per heavy atom. The normalized spacial score (nSPS) is 11.2. The van der Waals surface area contributed by atoms with Crippen LogP contribution in [-0.4, -0.2) is 32.9 Å². The van der Waals surface area contributed by atoms with Crippen molar-refractivity contribution in [2.75, 3.05) is 11.9 Å². The van der Waals surface area contributed by atoms with Gasteiger partial charge >= 0.3 is 0 Å². The van der Waals surface area contributed by atoms with Crippen LogP contribution in [0, 0.1) is 12.8 Å². The van der Waals surface area contributed by atoms with Crippen LogP contribution in [0.25, 0.3) is 11.4 Å². The second kappa shape index (κ2) is 14.1. The molecule has 0 aromatic carbocycles. The highest BCUT2D eigenvalue weighted by Gasteiger charge is 2.16. The Bertz CT molecular complexity index is 1160. The zero-order chi connectivity index (χ0) is 27.6. The van der Waals surface area contributed by atoms with E-state index in [9.17, 15) is 9.59 Å². The molecule has 0 radical (unpaired) electrons. The van der Waals surface area contributed by atoms with Gasteiger partial charge in [0.25, 0.3) is 5.91 Å². The van der Waals surface area contributed by atoms with Crippen molar-refractivity contribution in [3.8, 4) is 11.4 Å². The minimum atomic E-state index is -0.325. The average molecular weight is 526 g/mol. The molecule has 0 fully saturated rings. The lowest BCUT2D eigenvalue weighted by Crippen LogP contribution is -2.32. The molecule has 0 aliphatic carbocycles. The van der Waals surface area contributed by atoms with Gasteiger partial charge < -0.3 is 15.2 Å². The Hall–Kier alpha value is -3.00. The van der Waals surface area contributed by atoms with Crippen LogP contribution < -0.4 is 10.6 Å². The fourth-order valence-corrected chi connectivity index (χ4v) is 3.91. The van der Waals surface area contributed by atoms with Crippen LogP contribution in [0.1, 0.15) is 89.3 Å². The topological polar surface area (TPSA) is 88.9 Å². The van der Waals surface area contributed by atoms with Gasteiger partial charge in [0.1, 0.15) is 5.69 Å². The van der Waals surface area contributed by atoms with Crippen molar-refractivity contribution in [3.63, 3.8) is 0 Å². The highest BCUT2D eigenvalue weighted by Crippen LogP contribution is 2.25. The van der Waals surface area contributed by atoms with E-state index in [1.54, 1.807) is 12.3 Å². The Labute approximate surface area is 226 Å². The number of hydrogen-bond acceptors (Lipinski definition) is 5. The molecule has 0 spiro atoms. The number of unbranched alkanes of at least 4 members (excludes halogenated alkanes) is 1. The number of amides is 2. The predicted molar refractivity (Wildman–Crippen MR) is 154 cm³/mol. The lowest BCUT2D eigenvalue weighted by molar-refractivity contribution is -0.115. The summed E-state index contributed by atoms with van der Waals surface area (Å²) in [7, 11) is 0. The molecule has 3 aromatic rings. The van der Waals surface area contributed by atoms with Gasteiger partial charge in [0.15, 0.2) is 5.13 Å². The third-order valence-electron chi connectivity index (χ3n) is 5.96. The van der Waals surface area contributed by atoms with Crippen LogP contribution in [0.4, 0.5) is 5.13 Å². The molecule has 2 N–H and O–H groups in total. The number of nitrogens with one attached hydrogen (secondary N) is 2. The highest BCUT2D eigenvalue weighted by atomic mass is 32.1. The summed E-state index contributed by atoms with van der Waals surface area (Å²) in [5, 5.41) is 7.75. The quantitative estimate of drug-likeness (QED) is 0.320. The smallest absolute Gasteiger partial charge is 0.253 e. The van der Waals surface area contributed by atoms with E-state index in [1.807, 2.05) is 29.1 Å². The highest BCUT2D eigenvalue weighted by molar-refractivity contribution is 7.14. The maximum Gasteiger partial charge on any atom is 0.253 e. The molecule has 0 bridgehead atoms. The van der Waals surface area contributed by atoms with Crippen molar-refractivity contribution >= 4 is 28.3 Å². The fraction of sp³-hybridized carbons (Fsp3) is 0.517. The molecule has 8 heteroatoms. The zero-order valence-electron chi connectivity index (χ0n) is 23.6. The van der Waals surface area contributed by atoms with Gasteiger partial charge in [-0.25, -0.2) is 4.98 Å². The second-order valence-electron chi connectivity index (χ2n) is 10.6. The van der Waals surface area contributed by atoms with E-state index in [1.165, 1.54) is 23.3 Å². The summed E-state index contributed by atoms with van der Waals surface area (Å²) in [6.45, 7) is 16.9. The molecule has 0 saturated carbocycles. The van der Waals surface area contributed by atoms with Gasteiger partial charge in [0, 0.05) is 29.0 Å². The zero-order valence-corrected chi connectivity index (χ0v) is 24.5. The number of carbonyl (C=O) groups is 2. The Morgan fingerprint density at radius 3 is 2.35 bits per heavy atom. The summed E-state index contributed by atoms with van der Waals surface area (Å²) < 4.78 is 1.96. The largest absolute Gasteiger partial charge is 0.348 e. The Balaban J connectivity index is 0.000000877. The lowest BCUT2D eigenvalue weighted by atomic mass is 10.1. The van der Waals surface area contributed by atoms with Crippen LogP contribution in [0.5, 0.6) is 0 Å². The molecule has 37 heavy (non-hydrogen) atoms. The van der Waals surface area contributed by atoms with Gasteiger partial charge in [0.2, 0.25) is 5.91 Å². The van der Waals surface area contributed by atoms with Gasteiger partial charge in [-0.2, -0.15) is 0 Å². The molecule has 0 unspecified atom stereocenters. The number of pyridine rings is 1. The van der Waals surface area contributed by atoms with E-state index in [0.29, 0.717) is 10.7 Å². The minimum absolute atomic E-state index is 0.109. The maximum absolute atomic E-state index is 12.3.